The molecule has 0 radical (unpaired) electrons. The van der Waals surface area contributed by atoms with Crippen LogP contribution in [0.15, 0.2) is 0 Å². The Morgan fingerprint density at radius 3 is 3.17 bits per heavy atom. The van der Waals surface area contributed by atoms with Crippen LogP contribution in [-0.4, -0.2) is 62.3 Å². The van der Waals surface area contributed by atoms with E-state index in [1.807, 2.05) is 0 Å². The number of nitrogens with one attached hydrogen (secondary N) is 2. The molecule has 0 bridgehead atoms. The lowest BCUT2D eigenvalue weighted by Gasteiger charge is -2.42. The van der Waals surface area contributed by atoms with E-state index in [4.69, 9.17) is 4.74 Å². The Balaban J connectivity index is 1.49. The molecule has 0 spiro atoms. The number of carbonyl (C=O) groups is 1. The first-order chi connectivity index (χ1) is 8.81. The second kappa shape index (κ2) is 5.55. The maximum absolute atomic E-state index is 11.4. The molecule has 0 aromatic carbocycles. The van der Waals surface area contributed by atoms with E-state index in [2.05, 4.69) is 15.5 Å². The molecule has 3 unspecified atom stereocenters. The van der Waals surface area contributed by atoms with E-state index >= 15 is 0 Å². The Hall–Kier alpha value is -0.650. The largest absolute Gasteiger partial charge is 0.374 e. The molecule has 3 aliphatic rings. The van der Waals surface area contributed by atoms with Gasteiger partial charge in [0.15, 0.2) is 0 Å². The summed E-state index contributed by atoms with van der Waals surface area (Å²) in [6, 6.07) is 0.424. The van der Waals surface area contributed by atoms with Gasteiger partial charge in [-0.05, 0) is 18.8 Å². The number of nitrogens with zero attached hydrogens (tertiary/aromatic N) is 1. The van der Waals surface area contributed by atoms with E-state index in [0.29, 0.717) is 24.5 Å². The monoisotopic (exact) mass is 253 g/mol. The van der Waals surface area contributed by atoms with Crippen LogP contribution in [0.4, 0.5) is 0 Å². The molecule has 102 valence electrons. The molecule has 3 atom stereocenters. The Morgan fingerprint density at radius 2 is 2.33 bits per heavy atom. The van der Waals surface area contributed by atoms with Crippen molar-refractivity contribution in [3.8, 4) is 0 Å². The van der Waals surface area contributed by atoms with Crippen molar-refractivity contribution in [1.29, 1.82) is 0 Å². The fourth-order valence-corrected chi connectivity index (χ4v) is 3.38. The number of fused-ring (bicyclic) bond motifs is 1. The van der Waals surface area contributed by atoms with E-state index in [-0.39, 0.29) is 5.91 Å². The maximum Gasteiger partial charge on any atom is 0.220 e. The van der Waals surface area contributed by atoms with Gasteiger partial charge in [0.25, 0.3) is 0 Å². The van der Waals surface area contributed by atoms with Gasteiger partial charge in [-0.1, -0.05) is 0 Å². The molecule has 2 N–H and O–H groups in total. The summed E-state index contributed by atoms with van der Waals surface area (Å²) >= 11 is 0. The molecule has 3 saturated heterocycles. The highest BCUT2D eigenvalue weighted by molar-refractivity contribution is 5.77. The Bertz CT molecular complexity index is 305. The third kappa shape index (κ3) is 2.84. The number of amides is 1. The topological polar surface area (TPSA) is 53.6 Å². The standard InChI is InChI=1S/C13H23N3O2/c17-13-2-1-10-8-16(5-3-12(10)15-13)9-11-7-14-4-6-18-11/h10-12,14H,1-9H2,(H,15,17). The third-order valence-corrected chi connectivity index (χ3v) is 4.37. The van der Waals surface area contributed by atoms with E-state index in [1.165, 1.54) is 0 Å². The van der Waals surface area contributed by atoms with Crippen LogP contribution in [0.5, 0.6) is 0 Å². The second-order valence-electron chi connectivity index (χ2n) is 5.72. The summed E-state index contributed by atoms with van der Waals surface area (Å²) in [4.78, 5) is 13.9. The summed E-state index contributed by atoms with van der Waals surface area (Å²) in [5.74, 6) is 0.887. The summed E-state index contributed by atoms with van der Waals surface area (Å²) in [6.07, 6.45) is 3.19. The van der Waals surface area contributed by atoms with Crippen molar-refractivity contribution in [3.63, 3.8) is 0 Å². The maximum atomic E-state index is 11.4. The molecular formula is C13H23N3O2. The minimum Gasteiger partial charge on any atom is -0.374 e. The summed E-state index contributed by atoms with van der Waals surface area (Å²) in [7, 11) is 0. The molecule has 0 aliphatic carbocycles. The number of hydrogen-bond donors (Lipinski definition) is 2. The zero-order valence-corrected chi connectivity index (χ0v) is 10.9. The minimum atomic E-state index is 0.240. The first-order valence-electron chi connectivity index (χ1n) is 7.15. The van der Waals surface area contributed by atoms with Crippen LogP contribution in [0.25, 0.3) is 0 Å². The van der Waals surface area contributed by atoms with E-state index in [0.717, 1.165) is 52.2 Å². The van der Waals surface area contributed by atoms with Crippen LogP contribution >= 0.6 is 0 Å². The Labute approximate surface area is 108 Å². The lowest BCUT2D eigenvalue weighted by atomic mass is 9.85. The molecule has 3 rings (SSSR count). The van der Waals surface area contributed by atoms with Crippen molar-refractivity contribution < 1.29 is 9.53 Å². The highest BCUT2D eigenvalue weighted by Crippen LogP contribution is 2.25. The summed E-state index contributed by atoms with van der Waals surface area (Å²) in [5.41, 5.74) is 0. The van der Waals surface area contributed by atoms with Crippen LogP contribution in [0, 0.1) is 5.92 Å². The smallest absolute Gasteiger partial charge is 0.220 e. The molecular weight excluding hydrogens is 230 g/mol. The quantitative estimate of drug-likeness (QED) is 0.701. The molecule has 3 fully saturated rings. The van der Waals surface area contributed by atoms with Gasteiger partial charge in [0, 0.05) is 45.2 Å². The zero-order chi connectivity index (χ0) is 12.4. The average Bonchev–Trinajstić information content (AvgIpc) is 2.40. The number of likely N-dealkylation sites (tertiary alicyclic amines) is 1. The van der Waals surface area contributed by atoms with Gasteiger partial charge in [0.2, 0.25) is 5.91 Å². The molecule has 5 heteroatoms. The van der Waals surface area contributed by atoms with Crippen molar-refractivity contribution >= 4 is 5.91 Å². The zero-order valence-electron chi connectivity index (χ0n) is 10.9. The van der Waals surface area contributed by atoms with Crippen LogP contribution in [0.2, 0.25) is 0 Å². The molecule has 0 aromatic heterocycles. The summed E-state index contributed by atoms with van der Waals surface area (Å²) in [5, 5.41) is 6.51. The van der Waals surface area contributed by atoms with Crippen molar-refractivity contribution in [2.45, 2.75) is 31.4 Å². The van der Waals surface area contributed by atoms with Crippen molar-refractivity contribution in [2.75, 3.05) is 39.3 Å². The van der Waals surface area contributed by atoms with E-state index < -0.39 is 0 Å². The summed E-state index contributed by atoms with van der Waals surface area (Å²) in [6.45, 7) is 6.02. The molecule has 5 nitrogen and oxygen atoms in total. The van der Waals surface area contributed by atoms with Gasteiger partial charge in [0.1, 0.15) is 0 Å². The first kappa shape index (κ1) is 12.4. The van der Waals surface area contributed by atoms with Gasteiger partial charge in [-0.3, -0.25) is 4.79 Å². The number of morpholine rings is 1. The number of piperidine rings is 2. The van der Waals surface area contributed by atoms with Crippen molar-refractivity contribution in [1.82, 2.24) is 15.5 Å². The number of carbonyl (C=O) groups excluding carboxylic acids is 1. The Kier molecular flexibility index (Phi) is 3.82. The van der Waals surface area contributed by atoms with E-state index in [1.54, 1.807) is 0 Å². The van der Waals surface area contributed by atoms with Gasteiger partial charge in [-0.15, -0.1) is 0 Å². The van der Waals surface area contributed by atoms with Crippen molar-refractivity contribution in [3.05, 3.63) is 0 Å². The highest BCUT2D eigenvalue weighted by atomic mass is 16.5. The SMILES string of the molecule is O=C1CCC2CN(CC3CNCCO3)CCC2N1. The fourth-order valence-electron chi connectivity index (χ4n) is 3.38. The van der Waals surface area contributed by atoms with Gasteiger partial charge >= 0.3 is 0 Å². The number of hydrogen-bond acceptors (Lipinski definition) is 4. The fraction of sp³-hybridized carbons (Fsp3) is 0.923. The van der Waals surface area contributed by atoms with Crippen molar-refractivity contribution in [2.24, 2.45) is 5.92 Å². The predicted octanol–water partition coefficient (Wildman–Crippen LogP) is -0.425. The Morgan fingerprint density at radius 1 is 1.39 bits per heavy atom. The van der Waals surface area contributed by atoms with Gasteiger partial charge in [-0.25, -0.2) is 0 Å². The molecule has 3 heterocycles. The van der Waals surface area contributed by atoms with Gasteiger partial charge in [-0.2, -0.15) is 0 Å². The predicted molar refractivity (Wildman–Crippen MR) is 68.3 cm³/mol. The third-order valence-electron chi connectivity index (χ3n) is 4.37. The lowest BCUT2D eigenvalue weighted by molar-refractivity contribution is -0.125. The molecule has 0 saturated carbocycles. The highest BCUT2D eigenvalue weighted by Gasteiger charge is 2.34. The van der Waals surface area contributed by atoms with Crippen LogP contribution in [-0.2, 0) is 9.53 Å². The molecule has 0 aromatic rings. The summed E-state index contributed by atoms with van der Waals surface area (Å²) < 4.78 is 5.76. The minimum absolute atomic E-state index is 0.240. The number of rotatable bonds is 2. The van der Waals surface area contributed by atoms with Crippen LogP contribution in [0.3, 0.4) is 0 Å². The van der Waals surface area contributed by atoms with Crippen LogP contribution in [0.1, 0.15) is 19.3 Å². The van der Waals surface area contributed by atoms with E-state index in [9.17, 15) is 4.79 Å². The first-order valence-corrected chi connectivity index (χ1v) is 7.15. The average molecular weight is 253 g/mol. The molecule has 1 amide bonds. The number of ether oxygens (including phenoxy) is 1. The van der Waals surface area contributed by atoms with Crippen LogP contribution < -0.4 is 10.6 Å². The molecule has 3 aliphatic heterocycles. The van der Waals surface area contributed by atoms with Gasteiger partial charge < -0.3 is 20.3 Å². The lowest BCUT2D eigenvalue weighted by Crippen LogP contribution is -2.56. The molecule has 18 heavy (non-hydrogen) atoms. The normalized spacial score (nSPS) is 38.0. The van der Waals surface area contributed by atoms with Gasteiger partial charge in [0.05, 0.1) is 12.7 Å². The second-order valence-corrected chi connectivity index (χ2v) is 5.72.